The quantitative estimate of drug-likeness (QED) is 0.724. The minimum atomic E-state index is -0.0729. The van der Waals surface area contributed by atoms with E-state index in [2.05, 4.69) is 26.6 Å². The van der Waals surface area contributed by atoms with E-state index in [4.69, 9.17) is 0 Å². The summed E-state index contributed by atoms with van der Waals surface area (Å²) in [6.07, 6.45) is 2.56. The van der Waals surface area contributed by atoms with Gasteiger partial charge in [-0.25, -0.2) is 0 Å². The van der Waals surface area contributed by atoms with E-state index in [1.165, 1.54) is 12.8 Å². The van der Waals surface area contributed by atoms with Crippen LogP contribution in [0.5, 0.6) is 0 Å². The van der Waals surface area contributed by atoms with Crippen molar-refractivity contribution < 1.29 is 4.79 Å². The highest BCUT2D eigenvalue weighted by Gasteiger charge is 2.22. The SMILES string of the molecule is Br.CC(NCCBr)C(=O)NCC1CC1. The minimum absolute atomic E-state index is 0. The van der Waals surface area contributed by atoms with Crippen LogP contribution in [0.3, 0.4) is 0 Å². The fraction of sp³-hybridized carbons (Fsp3) is 0.889. The normalized spacial score (nSPS) is 17.0. The fourth-order valence-electron chi connectivity index (χ4n) is 1.08. The molecule has 84 valence electrons. The first-order valence-electron chi connectivity index (χ1n) is 4.81. The Morgan fingerprint density at radius 1 is 1.57 bits per heavy atom. The molecule has 3 nitrogen and oxygen atoms in total. The lowest BCUT2D eigenvalue weighted by molar-refractivity contribution is -0.122. The van der Waals surface area contributed by atoms with Crippen LogP contribution < -0.4 is 10.6 Å². The van der Waals surface area contributed by atoms with Crippen molar-refractivity contribution in [2.24, 2.45) is 5.92 Å². The molecule has 0 aromatic carbocycles. The molecule has 1 fully saturated rings. The van der Waals surface area contributed by atoms with E-state index in [9.17, 15) is 4.79 Å². The van der Waals surface area contributed by atoms with Gasteiger partial charge in [-0.3, -0.25) is 4.79 Å². The van der Waals surface area contributed by atoms with Crippen molar-refractivity contribution in [3.05, 3.63) is 0 Å². The molecular weight excluding hydrogens is 312 g/mol. The lowest BCUT2D eigenvalue weighted by Crippen LogP contribution is -2.43. The van der Waals surface area contributed by atoms with E-state index in [-0.39, 0.29) is 28.9 Å². The number of carbonyl (C=O) groups is 1. The first kappa shape index (κ1) is 14.4. The summed E-state index contributed by atoms with van der Waals surface area (Å²) in [5, 5.41) is 6.94. The summed E-state index contributed by atoms with van der Waals surface area (Å²) in [5.74, 6) is 0.875. The lowest BCUT2D eigenvalue weighted by Gasteiger charge is -2.12. The molecule has 1 unspecified atom stereocenters. The summed E-state index contributed by atoms with van der Waals surface area (Å²) in [6, 6.07) is -0.0729. The Labute approximate surface area is 104 Å². The minimum Gasteiger partial charge on any atom is -0.354 e. The van der Waals surface area contributed by atoms with Crippen LogP contribution in [-0.4, -0.2) is 30.4 Å². The second-order valence-electron chi connectivity index (χ2n) is 3.55. The molecule has 1 amide bonds. The summed E-state index contributed by atoms with van der Waals surface area (Å²) in [6.45, 7) is 3.59. The number of amides is 1. The van der Waals surface area contributed by atoms with Gasteiger partial charge in [-0.2, -0.15) is 0 Å². The monoisotopic (exact) mass is 328 g/mol. The van der Waals surface area contributed by atoms with E-state index in [1.807, 2.05) is 6.92 Å². The second-order valence-corrected chi connectivity index (χ2v) is 4.35. The van der Waals surface area contributed by atoms with Gasteiger partial charge in [-0.15, -0.1) is 17.0 Å². The Kier molecular flexibility index (Phi) is 7.86. The Morgan fingerprint density at radius 3 is 2.71 bits per heavy atom. The maximum atomic E-state index is 11.4. The van der Waals surface area contributed by atoms with E-state index in [1.54, 1.807) is 0 Å². The third-order valence-electron chi connectivity index (χ3n) is 2.20. The molecule has 0 spiro atoms. The number of carbonyl (C=O) groups excluding carboxylic acids is 1. The van der Waals surface area contributed by atoms with Gasteiger partial charge in [0.15, 0.2) is 0 Å². The average Bonchev–Trinajstić information content (AvgIpc) is 2.93. The second kappa shape index (κ2) is 7.65. The first-order chi connectivity index (χ1) is 6.24. The summed E-state index contributed by atoms with van der Waals surface area (Å²) >= 11 is 3.30. The molecule has 0 aromatic heterocycles. The van der Waals surface area contributed by atoms with Crippen LogP contribution in [0.25, 0.3) is 0 Å². The van der Waals surface area contributed by atoms with Crippen LogP contribution in [0, 0.1) is 5.92 Å². The van der Waals surface area contributed by atoms with Crippen LogP contribution in [0.15, 0.2) is 0 Å². The topological polar surface area (TPSA) is 41.1 Å². The standard InChI is InChI=1S/C9H17BrN2O.BrH/c1-7(11-5-4-10)9(13)12-6-8-2-3-8;/h7-8,11H,2-6H2,1H3,(H,12,13);1H. The molecule has 0 aromatic rings. The zero-order chi connectivity index (χ0) is 9.68. The largest absolute Gasteiger partial charge is 0.354 e. The summed E-state index contributed by atoms with van der Waals surface area (Å²) in [7, 11) is 0. The summed E-state index contributed by atoms with van der Waals surface area (Å²) < 4.78 is 0. The Morgan fingerprint density at radius 2 is 2.21 bits per heavy atom. The van der Waals surface area contributed by atoms with Gasteiger partial charge in [0.25, 0.3) is 0 Å². The van der Waals surface area contributed by atoms with Crippen LogP contribution in [0.4, 0.5) is 0 Å². The van der Waals surface area contributed by atoms with Gasteiger partial charge in [0.1, 0.15) is 0 Å². The smallest absolute Gasteiger partial charge is 0.236 e. The molecule has 0 saturated heterocycles. The van der Waals surface area contributed by atoms with Gasteiger partial charge in [-0.05, 0) is 25.7 Å². The molecule has 0 aliphatic heterocycles. The van der Waals surface area contributed by atoms with Gasteiger partial charge in [0, 0.05) is 18.4 Å². The lowest BCUT2D eigenvalue weighted by atomic mass is 10.3. The predicted octanol–water partition coefficient (Wildman–Crippen LogP) is 1.46. The van der Waals surface area contributed by atoms with Crippen molar-refractivity contribution in [1.82, 2.24) is 10.6 Å². The third kappa shape index (κ3) is 5.98. The average molecular weight is 330 g/mol. The zero-order valence-electron chi connectivity index (χ0n) is 8.38. The van der Waals surface area contributed by atoms with Crippen LogP contribution in [0.1, 0.15) is 19.8 Å². The molecule has 1 aliphatic rings. The zero-order valence-corrected chi connectivity index (χ0v) is 11.7. The molecule has 0 radical (unpaired) electrons. The van der Waals surface area contributed by atoms with Gasteiger partial charge < -0.3 is 10.6 Å². The number of nitrogens with one attached hydrogen (secondary N) is 2. The molecule has 1 atom stereocenters. The van der Waals surface area contributed by atoms with Gasteiger partial charge >= 0.3 is 0 Å². The molecule has 14 heavy (non-hydrogen) atoms. The van der Waals surface area contributed by atoms with E-state index in [0.29, 0.717) is 0 Å². The van der Waals surface area contributed by atoms with Crippen molar-refractivity contribution in [2.75, 3.05) is 18.4 Å². The van der Waals surface area contributed by atoms with Gasteiger partial charge in [-0.1, -0.05) is 15.9 Å². The Balaban J connectivity index is 0.00000169. The van der Waals surface area contributed by atoms with Crippen molar-refractivity contribution in [1.29, 1.82) is 0 Å². The molecule has 2 N–H and O–H groups in total. The van der Waals surface area contributed by atoms with Crippen molar-refractivity contribution >= 4 is 38.8 Å². The van der Waals surface area contributed by atoms with Crippen molar-refractivity contribution in [3.8, 4) is 0 Å². The van der Waals surface area contributed by atoms with Crippen LogP contribution in [0.2, 0.25) is 0 Å². The number of hydrogen-bond donors (Lipinski definition) is 2. The molecule has 1 rings (SSSR count). The number of rotatable bonds is 6. The van der Waals surface area contributed by atoms with Crippen LogP contribution >= 0.6 is 32.9 Å². The molecule has 0 bridgehead atoms. The summed E-state index contributed by atoms with van der Waals surface area (Å²) in [5.41, 5.74) is 0. The number of hydrogen-bond acceptors (Lipinski definition) is 2. The Hall–Kier alpha value is 0.390. The van der Waals surface area contributed by atoms with Crippen molar-refractivity contribution in [3.63, 3.8) is 0 Å². The van der Waals surface area contributed by atoms with E-state index in [0.717, 1.165) is 24.3 Å². The fourth-order valence-corrected chi connectivity index (χ4v) is 1.31. The summed E-state index contributed by atoms with van der Waals surface area (Å²) in [4.78, 5) is 11.4. The molecule has 0 heterocycles. The number of alkyl halides is 1. The highest BCUT2D eigenvalue weighted by atomic mass is 79.9. The predicted molar refractivity (Wildman–Crippen MR) is 67.3 cm³/mol. The maximum Gasteiger partial charge on any atom is 0.236 e. The van der Waals surface area contributed by atoms with Gasteiger partial charge in [0.05, 0.1) is 6.04 Å². The molecule has 1 aliphatic carbocycles. The van der Waals surface area contributed by atoms with Gasteiger partial charge in [0.2, 0.25) is 5.91 Å². The first-order valence-corrected chi connectivity index (χ1v) is 5.93. The van der Waals surface area contributed by atoms with Crippen molar-refractivity contribution in [2.45, 2.75) is 25.8 Å². The third-order valence-corrected chi connectivity index (χ3v) is 2.60. The molecule has 5 heteroatoms. The molecule has 1 saturated carbocycles. The number of halogens is 2. The van der Waals surface area contributed by atoms with E-state index >= 15 is 0 Å². The maximum absolute atomic E-state index is 11.4. The highest BCUT2D eigenvalue weighted by molar-refractivity contribution is 9.09. The Bertz CT molecular complexity index is 174. The van der Waals surface area contributed by atoms with E-state index < -0.39 is 0 Å². The highest BCUT2D eigenvalue weighted by Crippen LogP contribution is 2.27. The van der Waals surface area contributed by atoms with Crippen LogP contribution in [-0.2, 0) is 4.79 Å². The molecular formula is C9H18Br2N2O.